The lowest BCUT2D eigenvalue weighted by Crippen LogP contribution is -2.23. The van der Waals surface area contributed by atoms with E-state index >= 15 is 0 Å². The van der Waals surface area contributed by atoms with Gasteiger partial charge in [0, 0.05) is 13.6 Å². The average molecular weight is 386 g/mol. The molecule has 8 heteroatoms. The second-order valence-electron chi connectivity index (χ2n) is 6.45. The minimum Gasteiger partial charge on any atom is -0.482 e. The molecule has 0 aliphatic carbocycles. The topological polar surface area (TPSA) is 114 Å². The molecule has 1 atom stereocenters. The van der Waals surface area contributed by atoms with Crippen LogP contribution in [0.15, 0.2) is 51.7 Å². The molecule has 2 aromatic carbocycles. The third-order valence-corrected chi connectivity index (χ3v) is 4.41. The molecule has 3 aromatic rings. The Kier molecular flexibility index (Phi) is 6.13. The summed E-state index contributed by atoms with van der Waals surface area (Å²) in [5.41, 5.74) is 2.88. The molecule has 8 nitrogen and oxygen atoms in total. The van der Waals surface area contributed by atoms with Crippen molar-refractivity contribution in [1.29, 1.82) is 0 Å². The average Bonchev–Trinajstić information content (AvgIpc) is 2.97. The van der Waals surface area contributed by atoms with Gasteiger partial charge < -0.3 is 24.7 Å². The highest BCUT2D eigenvalue weighted by molar-refractivity contribution is 5.73. The van der Waals surface area contributed by atoms with Gasteiger partial charge in [-0.2, -0.15) is 0 Å². The molecule has 0 saturated heterocycles. The van der Waals surface area contributed by atoms with Crippen molar-refractivity contribution in [1.82, 2.24) is 9.88 Å². The maximum absolute atomic E-state index is 11.5. The maximum atomic E-state index is 11.5. The number of rotatable bonds is 9. The van der Waals surface area contributed by atoms with Crippen molar-refractivity contribution in [3.05, 3.63) is 64.1 Å². The van der Waals surface area contributed by atoms with E-state index in [4.69, 9.17) is 14.3 Å². The summed E-state index contributed by atoms with van der Waals surface area (Å²) in [5, 5.41) is 22.1. The Hall–Kier alpha value is -3.10. The predicted octanol–water partition coefficient (Wildman–Crippen LogP) is 1.46. The van der Waals surface area contributed by atoms with Gasteiger partial charge in [0.1, 0.15) is 5.75 Å². The van der Waals surface area contributed by atoms with Gasteiger partial charge >= 0.3 is 11.7 Å². The van der Waals surface area contributed by atoms with Crippen LogP contribution < -0.4 is 15.8 Å². The van der Waals surface area contributed by atoms with Crippen LogP contribution in [0.1, 0.15) is 17.2 Å². The summed E-state index contributed by atoms with van der Waals surface area (Å²) in [6, 6.07) is 12.4. The molecule has 0 spiro atoms. The number of carboxylic acids is 1. The van der Waals surface area contributed by atoms with Gasteiger partial charge in [-0.15, -0.1) is 0 Å². The molecule has 0 fully saturated rings. The molecule has 1 heterocycles. The van der Waals surface area contributed by atoms with E-state index in [9.17, 15) is 14.7 Å². The molecular weight excluding hydrogens is 364 g/mol. The summed E-state index contributed by atoms with van der Waals surface area (Å²) in [6.45, 7) is 0.661. The molecule has 28 heavy (non-hydrogen) atoms. The number of nitrogens with zero attached hydrogens (tertiary/aromatic N) is 1. The number of ether oxygens (including phenoxy) is 1. The highest BCUT2D eigenvalue weighted by Gasteiger charge is 2.11. The van der Waals surface area contributed by atoms with E-state index in [1.165, 1.54) is 4.57 Å². The fourth-order valence-corrected chi connectivity index (χ4v) is 2.84. The monoisotopic (exact) mass is 386 g/mol. The van der Waals surface area contributed by atoms with Crippen LogP contribution in [0.2, 0.25) is 0 Å². The van der Waals surface area contributed by atoms with Crippen molar-refractivity contribution in [2.45, 2.75) is 12.5 Å². The number of fused-ring (bicyclic) bond motifs is 1. The number of nitrogens with one attached hydrogen (secondary N) is 1. The quantitative estimate of drug-likeness (QED) is 0.477. The van der Waals surface area contributed by atoms with Crippen LogP contribution in [0, 0.1) is 0 Å². The number of oxazole rings is 1. The van der Waals surface area contributed by atoms with Gasteiger partial charge in [0.25, 0.3) is 0 Å². The first kappa shape index (κ1) is 19.7. The fraction of sp³-hybridized carbons (Fsp3) is 0.300. The first-order valence-corrected chi connectivity index (χ1v) is 8.86. The smallest absolute Gasteiger partial charge is 0.419 e. The Bertz CT molecular complexity index is 1010. The number of carbonyl (C=O) groups is 1. The molecule has 1 aromatic heterocycles. The zero-order chi connectivity index (χ0) is 20.1. The number of hydrogen-bond acceptors (Lipinski definition) is 6. The number of aliphatic carboxylic acids is 1. The van der Waals surface area contributed by atoms with E-state index in [1.807, 2.05) is 12.1 Å². The van der Waals surface area contributed by atoms with Crippen LogP contribution in [-0.2, 0) is 18.3 Å². The van der Waals surface area contributed by atoms with Gasteiger partial charge in [0.15, 0.2) is 12.2 Å². The third-order valence-electron chi connectivity index (χ3n) is 4.41. The van der Waals surface area contributed by atoms with Crippen molar-refractivity contribution < 1.29 is 24.2 Å². The standard InChI is InChI=1S/C20H22N2O6/c1-22-16-7-4-14(10-18(16)28-20(22)26)17(23)11-21-9-8-13-2-5-15(6-3-13)27-12-19(24)25/h2-7,10,17,21,23H,8-9,11-12H2,1H3,(H,24,25). The minimum atomic E-state index is -1.01. The summed E-state index contributed by atoms with van der Waals surface area (Å²) in [4.78, 5) is 22.0. The maximum Gasteiger partial charge on any atom is 0.419 e. The molecule has 3 rings (SSSR count). The number of benzene rings is 2. The normalized spacial score (nSPS) is 12.2. The Morgan fingerprint density at radius 3 is 2.71 bits per heavy atom. The van der Waals surface area contributed by atoms with E-state index < -0.39 is 17.8 Å². The fourth-order valence-electron chi connectivity index (χ4n) is 2.84. The van der Waals surface area contributed by atoms with Crippen molar-refractivity contribution in [3.63, 3.8) is 0 Å². The van der Waals surface area contributed by atoms with Gasteiger partial charge in [0.05, 0.1) is 11.6 Å². The van der Waals surface area contributed by atoms with Gasteiger partial charge in [-0.05, 0) is 48.4 Å². The summed E-state index contributed by atoms with van der Waals surface area (Å²) in [6.07, 6.45) is 0.0279. The van der Waals surface area contributed by atoms with Gasteiger partial charge in [-0.25, -0.2) is 9.59 Å². The first-order chi connectivity index (χ1) is 13.4. The van der Waals surface area contributed by atoms with Crippen LogP contribution in [0.5, 0.6) is 5.75 Å². The molecule has 0 bridgehead atoms. The number of carboxylic acid groups (broad SMARTS) is 1. The summed E-state index contributed by atoms with van der Waals surface area (Å²) >= 11 is 0. The largest absolute Gasteiger partial charge is 0.482 e. The second-order valence-corrected chi connectivity index (χ2v) is 6.45. The highest BCUT2D eigenvalue weighted by atomic mass is 16.5. The molecule has 148 valence electrons. The molecule has 1 unspecified atom stereocenters. The van der Waals surface area contributed by atoms with Crippen LogP contribution in [0.3, 0.4) is 0 Å². The number of aliphatic hydroxyl groups excluding tert-OH is 1. The summed E-state index contributed by atoms with van der Waals surface area (Å²) in [7, 11) is 1.64. The van der Waals surface area contributed by atoms with E-state index in [2.05, 4.69) is 5.32 Å². The van der Waals surface area contributed by atoms with Crippen LogP contribution in [-0.4, -0.2) is 40.4 Å². The number of aliphatic hydroxyl groups is 1. The predicted molar refractivity (Wildman–Crippen MR) is 103 cm³/mol. The lowest BCUT2D eigenvalue weighted by molar-refractivity contribution is -0.139. The SMILES string of the molecule is Cn1c(=O)oc2cc(C(O)CNCCc3ccc(OCC(=O)O)cc3)ccc21. The molecular formula is C20H22N2O6. The molecule has 3 N–H and O–H groups in total. The van der Waals surface area contributed by atoms with Crippen molar-refractivity contribution in [3.8, 4) is 5.75 Å². The summed E-state index contributed by atoms with van der Waals surface area (Å²) < 4.78 is 11.7. The number of hydrogen-bond donors (Lipinski definition) is 3. The first-order valence-electron chi connectivity index (χ1n) is 8.86. The van der Waals surface area contributed by atoms with Crippen LogP contribution >= 0.6 is 0 Å². The van der Waals surface area contributed by atoms with E-state index in [1.54, 1.807) is 37.4 Å². The Morgan fingerprint density at radius 1 is 1.25 bits per heavy atom. The van der Waals surface area contributed by atoms with E-state index in [-0.39, 0.29) is 6.61 Å². The summed E-state index contributed by atoms with van der Waals surface area (Å²) in [5.74, 6) is -0.933. The number of aryl methyl sites for hydroxylation is 1. The van der Waals surface area contributed by atoms with Gasteiger partial charge in [-0.1, -0.05) is 18.2 Å². The Morgan fingerprint density at radius 2 is 2.00 bits per heavy atom. The zero-order valence-electron chi connectivity index (χ0n) is 15.4. The van der Waals surface area contributed by atoms with E-state index in [0.29, 0.717) is 35.5 Å². The van der Waals surface area contributed by atoms with Crippen LogP contribution in [0.25, 0.3) is 11.1 Å². The third kappa shape index (κ3) is 4.79. The Labute approximate surface area is 161 Å². The minimum absolute atomic E-state index is 0.363. The number of aromatic nitrogens is 1. The molecule has 0 saturated carbocycles. The van der Waals surface area contributed by atoms with Gasteiger partial charge in [0.2, 0.25) is 0 Å². The van der Waals surface area contributed by atoms with Crippen molar-refractivity contribution in [2.24, 2.45) is 7.05 Å². The highest BCUT2D eigenvalue weighted by Crippen LogP contribution is 2.19. The van der Waals surface area contributed by atoms with Crippen molar-refractivity contribution in [2.75, 3.05) is 19.7 Å². The van der Waals surface area contributed by atoms with Gasteiger partial charge in [-0.3, -0.25) is 4.57 Å². The second kappa shape index (κ2) is 8.73. The van der Waals surface area contributed by atoms with E-state index in [0.717, 1.165) is 12.0 Å². The molecule has 0 aliphatic rings. The lowest BCUT2D eigenvalue weighted by atomic mass is 10.1. The molecule has 0 radical (unpaired) electrons. The molecule has 0 amide bonds. The Balaban J connectivity index is 1.47. The van der Waals surface area contributed by atoms with Crippen LogP contribution in [0.4, 0.5) is 0 Å². The zero-order valence-corrected chi connectivity index (χ0v) is 15.4. The molecule has 0 aliphatic heterocycles. The van der Waals surface area contributed by atoms with Crippen molar-refractivity contribution >= 4 is 17.1 Å². The lowest BCUT2D eigenvalue weighted by Gasteiger charge is -2.12.